The van der Waals surface area contributed by atoms with Gasteiger partial charge in [0.15, 0.2) is 6.61 Å². The van der Waals surface area contributed by atoms with Crippen LogP contribution >= 0.6 is 0 Å². The molecule has 0 aromatic heterocycles. The smallest absolute Gasteiger partial charge is 0.321 e. The van der Waals surface area contributed by atoms with Crippen LogP contribution in [-0.2, 0) is 24.3 Å². The van der Waals surface area contributed by atoms with Gasteiger partial charge in [-0.1, -0.05) is 19.9 Å². The van der Waals surface area contributed by atoms with Crippen LogP contribution in [0.4, 0.5) is 0 Å². The number of amides is 1. The van der Waals surface area contributed by atoms with Crippen molar-refractivity contribution in [1.29, 1.82) is 0 Å². The van der Waals surface area contributed by atoms with Gasteiger partial charge >= 0.3 is 5.97 Å². The average molecular weight is 397 g/mol. The zero-order valence-corrected chi connectivity index (χ0v) is 17.1. The Bertz CT molecular complexity index is 796. The van der Waals surface area contributed by atoms with Crippen molar-refractivity contribution < 1.29 is 22.7 Å². The number of carbonyl (C=O) groups is 2. The van der Waals surface area contributed by atoms with Crippen molar-refractivity contribution >= 4 is 21.9 Å². The van der Waals surface area contributed by atoms with Crippen LogP contribution in [-0.4, -0.2) is 51.4 Å². The molecule has 150 valence electrons. The molecule has 0 bridgehead atoms. The van der Waals surface area contributed by atoms with Crippen molar-refractivity contribution in [3.63, 3.8) is 0 Å². The van der Waals surface area contributed by atoms with Crippen LogP contribution in [0.1, 0.15) is 31.4 Å². The van der Waals surface area contributed by atoms with Crippen LogP contribution in [0.15, 0.2) is 23.1 Å². The molecule has 0 saturated carbocycles. The number of nitrogens with one attached hydrogen (secondary N) is 1. The van der Waals surface area contributed by atoms with Gasteiger partial charge in [0, 0.05) is 13.1 Å². The Morgan fingerprint density at radius 2 is 1.78 bits per heavy atom. The summed E-state index contributed by atoms with van der Waals surface area (Å²) in [6.07, 6.45) is 1.07. The molecule has 0 spiro atoms. The summed E-state index contributed by atoms with van der Waals surface area (Å²) in [7, 11) is -3.81. The summed E-state index contributed by atoms with van der Waals surface area (Å²) in [5.74, 6) is -0.205. The first kappa shape index (κ1) is 21.4. The lowest BCUT2D eigenvalue weighted by atomic mass is 9.92. The molecular weight excluding hydrogens is 368 g/mol. The minimum absolute atomic E-state index is 0.0887. The lowest BCUT2D eigenvalue weighted by Crippen LogP contribution is -2.44. The van der Waals surface area contributed by atoms with Gasteiger partial charge in [0.05, 0.1) is 4.90 Å². The minimum Gasteiger partial charge on any atom is -0.455 e. The molecule has 8 heteroatoms. The van der Waals surface area contributed by atoms with Crippen LogP contribution in [0.3, 0.4) is 0 Å². The number of ether oxygens (including phenoxy) is 1. The van der Waals surface area contributed by atoms with Crippen LogP contribution < -0.4 is 4.72 Å². The van der Waals surface area contributed by atoms with Gasteiger partial charge in [-0.2, -0.15) is 4.72 Å². The monoisotopic (exact) mass is 396 g/mol. The molecule has 7 nitrogen and oxygen atoms in total. The fraction of sp³-hybridized carbons (Fsp3) is 0.579. The molecule has 1 fully saturated rings. The van der Waals surface area contributed by atoms with Gasteiger partial charge < -0.3 is 9.64 Å². The summed E-state index contributed by atoms with van der Waals surface area (Å²) in [5.41, 5.74) is 1.82. The lowest BCUT2D eigenvalue weighted by molar-refractivity contribution is -0.152. The molecule has 1 aromatic rings. The van der Waals surface area contributed by atoms with E-state index in [1.807, 2.05) is 13.8 Å². The van der Waals surface area contributed by atoms with E-state index in [4.69, 9.17) is 4.74 Å². The molecule has 2 atom stereocenters. The predicted octanol–water partition coefficient (Wildman–Crippen LogP) is 1.63. The average Bonchev–Trinajstić information content (AvgIpc) is 2.59. The second kappa shape index (κ2) is 8.84. The third kappa shape index (κ3) is 6.04. The van der Waals surface area contributed by atoms with E-state index < -0.39 is 22.5 Å². The standard InChI is InChI=1S/C19H28N2O5S/c1-13-7-14(2)11-21(10-13)18(22)12-26-19(23)9-20-27(24,25)17-6-5-15(3)16(4)8-17/h5-6,8,13-14,20H,7,9-12H2,1-4H3/t13-,14+. The Kier molecular flexibility index (Phi) is 7.00. The Labute approximate surface area is 161 Å². The maximum Gasteiger partial charge on any atom is 0.321 e. The second-order valence-electron chi connectivity index (χ2n) is 7.48. The van der Waals surface area contributed by atoms with E-state index in [0.717, 1.165) is 17.5 Å². The minimum atomic E-state index is -3.81. The summed E-state index contributed by atoms with van der Waals surface area (Å²) in [6, 6.07) is 4.74. The summed E-state index contributed by atoms with van der Waals surface area (Å²) in [6.45, 7) is 8.29. The third-order valence-electron chi connectivity index (χ3n) is 4.77. The number of nitrogens with zero attached hydrogens (tertiary/aromatic N) is 1. The molecule has 1 amide bonds. The van der Waals surface area contributed by atoms with E-state index in [0.29, 0.717) is 24.9 Å². The first-order chi connectivity index (χ1) is 12.6. The highest BCUT2D eigenvalue weighted by Gasteiger charge is 2.26. The van der Waals surface area contributed by atoms with Gasteiger partial charge in [-0.05, 0) is 55.4 Å². The van der Waals surface area contributed by atoms with Crippen molar-refractivity contribution in [1.82, 2.24) is 9.62 Å². The molecule has 0 unspecified atom stereocenters. The van der Waals surface area contributed by atoms with Crippen molar-refractivity contribution in [2.75, 3.05) is 26.2 Å². The number of aryl methyl sites for hydroxylation is 2. The molecule has 1 aliphatic rings. The van der Waals surface area contributed by atoms with E-state index in [2.05, 4.69) is 18.6 Å². The van der Waals surface area contributed by atoms with E-state index >= 15 is 0 Å². The summed E-state index contributed by atoms with van der Waals surface area (Å²) < 4.78 is 31.7. The van der Waals surface area contributed by atoms with E-state index in [9.17, 15) is 18.0 Å². The number of rotatable bonds is 6. The highest BCUT2D eigenvalue weighted by atomic mass is 32.2. The van der Waals surface area contributed by atoms with E-state index in [1.165, 1.54) is 6.07 Å². The zero-order chi connectivity index (χ0) is 20.2. The molecule has 0 radical (unpaired) electrons. The van der Waals surface area contributed by atoms with Crippen molar-refractivity contribution in [2.45, 2.75) is 39.0 Å². The SMILES string of the molecule is Cc1ccc(S(=O)(=O)NCC(=O)OCC(=O)N2C[C@H](C)C[C@H](C)C2)cc1C. The number of esters is 1. The number of hydrogen-bond donors (Lipinski definition) is 1. The van der Waals surface area contributed by atoms with Gasteiger partial charge in [0.1, 0.15) is 6.54 Å². The molecule has 0 aliphatic carbocycles. The zero-order valence-electron chi connectivity index (χ0n) is 16.3. The van der Waals surface area contributed by atoms with Crippen molar-refractivity contribution in [3.05, 3.63) is 29.3 Å². The largest absolute Gasteiger partial charge is 0.455 e. The van der Waals surface area contributed by atoms with Crippen LogP contribution in [0.2, 0.25) is 0 Å². The van der Waals surface area contributed by atoms with Crippen LogP contribution in [0.5, 0.6) is 0 Å². The van der Waals surface area contributed by atoms with Gasteiger partial charge in [0.25, 0.3) is 5.91 Å². The Morgan fingerprint density at radius 1 is 1.15 bits per heavy atom. The molecule has 1 heterocycles. The number of piperidine rings is 1. The molecule has 1 aliphatic heterocycles. The summed E-state index contributed by atoms with van der Waals surface area (Å²) in [5, 5.41) is 0. The highest BCUT2D eigenvalue weighted by molar-refractivity contribution is 7.89. The number of likely N-dealkylation sites (tertiary alicyclic amines) is 1. The predicted molar refractivity (Wildman–Crippen MR) is 102 cm³/mol. The Morgan fingerprint density at radius 3 is 2.37 bits per heavy atom. The molecule has 27 heavy (non-hydrogen) atoms. The first-order valence-corrected chi connectivity index (χ1v) is 10.6. The number of hydrogen-bond acceptors (Lipinski definition) is 5. The number of carbonyl (C=O) groups excluding carboxylic acids is 2. The van der Waals surface area contributed by atoms with Crippen LogP contribution in [0, 0.1) is 25.7 Å². The topological polar surface area (TPSA) is 92.8 Å². The number of benzene rings is 1. The van der Waals surface area contributed by atoms with Gasteiger partial charge in [-0.3, -0.25) is 9.59 Å². The maximum atomic E-state index is 12.3. The van der Waals surface area contributed by atoms with Crippen molar-refractivity contribution in [2.24, 2.45) is 11.8 Å². The lowest BCUT2D eigenvalue weighted by Gasteiger charge is -2.34. The molecular formula is C19H28N2O5S. The third-order valence-corrected chi connectivity index (χ3v) is 6.17. The highest BCUT2D eigenvalue weighted by Crippen LogP contribution is 2.21. The molecule has 1 saturated heterocycles. The second-order valence-corrected chi connectivity index (χ2v) is 9.24. The van der Waals surface area contributed by atoms with Gasteiger partial charge in [-0.15, -0.1) is 0 Å². The fourth-order valence-electron chi connectivity index (χ4n) is 3.27. The molecule has 1 aromatic carbocycles. The summed E-state index contributed by atoms with van der Waals surface area (Å²) in [4.78, 5) is 25.8. The fourth-order valence-corrected chi connectivity index (χ4v) is 4.32. The Hall–Kier alpha value is -1.93. The van der Waals surface area contributed by atoms with Crippen molar-refractivity contribution in [3.8, 4) is 0 Å². The normalized spacial score (nSPS) is 20.4. The van der Waals surface area contributed by atoms with Gasteiger partial charge in [-0.25, -0.2) is 8.42 Å². The number of sulfonamides is 1. The maximum absolute atomic E-state index is 12.3. The molecule has 2 rings (SSSR count). The van der Waals surface area contributed by atoms with E-state index in [1.54, 1.807) is 17.0 Å². The quantitative estimate of drug-likeness (QED) is 0.738. The summed E-state index contributed by atoms with van der Waals surface area (Å²) >= 11 is 0. The van der Waals surface area contributed by atoms with Crippen LogP contribution in [0.25, 0.3) is 0 Å². The van der Waals surface area contributed by atoms with E-state index in [-0.39, 0.29) is 17.4 Å². The van der Waals surface area contributed by atoms with Gasteiger partial charge in [0.2, 0.25) is 10.0 Å². The Balaban J connectivity index is 1.83. The molecule has 1 N–H and O–H groups in total. The first-order valence-electron chi connectivity index (χ1n) is 9.09.